The molecule has 4 nitrogen and oxygen atoms in total. The first-order valence-corrected chi connectivity index (χ1v) is 13.6. The summed E-state index contributed by atoms with van der Waals surface area (Å²) < 4.78 is 0. The van der Waals surface area contributed by atoms with Crippen LogP contribution in [0.2, 0.25) is 0 Å². The molecule has 5 saturated carbocycles. The summed E-state index contributed by atoms with van der Waals surface area (Å²) in [4.78, 5) is 0. The Morgan fingerprint density at radius 3 is 0.968 bits per heavy atom. The lowest BCUT2D eigenvalue weighted by Crippen LogP contribution is -2.60. The molecule has 0 aliphatic heterocycles. The lowest BCUT2D eigenvalue weighted by Gasteiger charge is -2.66. The summed E-state index contributed by atoms with van der Waals surface area (Å²) in [7, 11) is 0. The second kappa shape index (κ2) is 8.56. The van der Waals surface area contributed by atoms with Gasteiger partial charge in [0.15, 0.2) is 0 Å². The molecule has 0 aromatic carbocycles. The van der Waals surface area contributed by atoms with Crippen molar-refractivity contribution in [1.29, 1.82) is 0 Å². The highest BCUT2D eigenvalue weighted by atomic mass is 16.3. The van der Waals surface area contributed by atoms with Gasteiger partial charge in [-0.1, -0.05) is 0 Å². The van der Waals surface area contributed by atoms with Gasteiger partial charge in [0.25, 0.3) is 0 Å². The fraction of sp³-hybridized carbons (Fsp3) is 1.00. The molecule has 0 heterocycles. The maximum atomic E-state index is 10.5. The molecule has 178 valence electrons. The van der Waals surface area contributed by atoms with Gasteiger partial charge in [0.2, 0.25) is 0 Å². The van der Waals surface area contributed by atoms with Gasteiger partial charge in [-0.25, -0.2) is 0 Å². The molecule has 2 spiro atoms. The topological polar surface area (TPSA) is 80.9 Å². The van der Waals surface area contributed by atoms with E-state index >= 15 is 0 Å². The Hall–Kier alpha value is -0.160. The molecule has 5 aliphatic rings. The van der Waals surface area contributed by atoms with Crippen molar-refractivity contribution in [3.8, 4) is 0 Å². The van der Waals surface area contributed by atoms with E-state index in [0.29, 0.717) is 22.7 Å². The fourth-order valence-electron chi connectivity index (χ4n) is 10.2. The van der Waals surface area contributed by atoms with Crippen molar-refractivity contribution in [2.75, 3.05) is 0 Å². The Kier molecular flexibility index (Phi) is 6.25. The maximum Gasteiger partial charge on any atom is 0.0540 e. The van der Waals surface area contributed by atoms with Crippen LogP contribution in [0.3, 0.4) is 0 Å². The van der Waals surface area contributed by atoms with E-state index < -0.39 is 0 Å². The molecule has 0 bridgehead atoms. The summed E-state index contributed by atoms with van der Waals surface area (Å²) in [6.07, 6.45) is 18.9. The van der Waals surface area contributed by atoms with E-state index in [0.717, 1.165) is 103 Å². The second-order valence-corrected chi connectivity index (χ2v) is 12.4. The summed E-state index contributed by atoms with van der Waals surface area (Å²) in [5.74, 6) is 1.31. The lowest BCUT2D eigenvalue weighted by atomic mass is 9.38. The number of rotatable bonds is 2. The quantitative estimate of drug-likeness (QED) is 0.507. The third-order valence-corrected chi connectivity index (χ3v) is 11.3. The van der Waals surface area contributed by atoms with Gasteiger partial charge in [-0.3, -0.25) is 0 Å². The predicted molar refractivity (Wildman–Crippen MR) is 121 cm³/mol. The average molecular weight is 435 g/mol. The summed E-state index contributed by atoms with van der Waals surface area (Å²) >= 11 is 0. The van der Waals surface area contributed by atoms with Crippen LogP contribution in [0.25, 0.3) is 0 Å². The van der Waals surface area contributed by atoms with Crippen LogP contribution < -0.4 is 0 Å². The van der Waals surface area contributed by atoms with Crippen LogP contribution in [0.4, 0.5) is 0 Å². The molecular weight excluding hydrogens is 388 g/mol. The van der Waals surface area contributed by atoms with Gasteiger partial charge in [0.1, 0.15) is 0 Å². The summed E-state index contributed by atoms with van der Waals surface area (Å²) in [5, 5.41) is 41.6. The molecule has 0 radical (unpaired) electrons. The highest BCUT2D eigenvalue weighted by Crippen LogP contribution is 2.79. The van der Waals surface area contributed by atoms with E-state index in [1.165, 1.54) is 12.8 Å². The number of aliphatic hydroxyl groups excluding tert-OH is 4. The summed E-state index contributed by atoms with van der Waals surface area (Å²) in [6.45, 7) is 0. The Labute approximate surface area is 188 Å². The van der Waals surface area contributed by atoms with Gasteiger partial charge in [-0.15, -0.1) is 0 Å². The molecule has 4 N–H and O–H groups in total. The van der Waals surface area contributed by atoms with E-state index in [4.69, 9.17) is 0 Å². The third-order valence-electron chi connectivity index (χ3n) is 11.3. The molecule has 0 atom stereocenters. The molecule has 31 heavy (non-hydrogen) atoms. The molecule has 4 heteroatoms. The van der Waals surface area contributed by atoms with Crippen LogP contribution in [-0.4, -0.2) is 44.8 Å². The van der Waals surface area contributed by atoms with Crippen LogP contribution in [0.5, 0.6) is 0 Å². The normalized spacial score (nSPS) is 53.8. The monoisotopic (exact) mass is 434 g/mol. The zero-order valence-corrected chi connectivity index (χ0v) is 19.5. The zero-order chi connectivity index (χ0) is 21.7. The Balaban J connectivity index is 1.61. The van der Waals surface area contributed by atoms with Crippen LogP contribution in [0.1, 0.15) is 116 Å². The molecule has 0 saturated heterocycles. The summed E-state index contributed by atoms with van der Waals surface area (Å²) in [5.41, 5.74) is 0.892. The van der Waals surface area contributed by atoms with Crippen molar-refractivity contribution in [3.05, 3.63) is 0 Å². The summed E-state index contributed by atoms with van der Waals surface area (Å²) in [6, 6.07) is 0. The molecule has 0 aromatic rings. The number of hydrogen-bond acceptors (Lipinski definition) is 4. The van der Waals surface area contributed by atoms with E-state index in [2.05, 4.69) is 0 Å². The largest absolute Gasteiger partial charge is 0.393 e. The Morgan fingerprint density at radius 1 is 0.355 bits per heavy atom. The van der Waals surface area contributed by atoms with Crippen molar-refractivity contribution < 1.29 is 20.4 Å². The molecule has 0 unspecified atom stereocenters. The van der Waals surface area contributed by atoms with Gasteiger partial charge in [-0.2, -0.15) is 0 Å². The average Bonchev–Trinajstić information content (AvgIpc) is 3.04. The fourth-order valence-corrected chi connectivity index (χ4v) is 10.2. The SMILES string of the molecule is OC1CCC(C2(C3CCC(O)CC3)C3(CCC(O)CC3)CCC23CCC(O)CC3)CC1. The maximum absolute atomic E-state index is 10.5. The van der Waals surface area contributed by atoms with Gasteiger partial charge in [0, 0.05) is 0 Å². The predicted octanol–water partition coefficient (Wildman–Crippen LogP) is 4.71. The molecule has 0 aromatic heterocycles. The number of aliphatic hydroxyl groups is 4. The van der Waals surface area contributed by atoms with Gasteiger partial charge >= 0.3 is 0 Å². The van der Waals surface area contributed by atoms with Crippen molar-refractivity contribution in [2.45, 2.75) is 140 Å². The van der Waals surface area contributed by atoms with E-state index in [1.807, 2.05) is 0 Å². The van der Waals surface area contributed by atoms with Crippen LogP contribution in [-0.2, 0) is 0 Å². The molecule has 5 aliphatic carbocycles. The van der Waals surface area contributed by atoms with Crippen LogP contribution in [0, 0.1) is 28.1 Å². The first-order valence-electron chi connectivity index (χ1n) is 13.6. The molecule has 0 amide bonds. The molecule has 5 fully saturated rings. The van der Waals surface area contributed by atoms with Crippen molar-refractivity contribution in [2.24, 2.45) is 28.1 Å². The Bertz CT molecular complexity index is 547. The van der Waals surface area contributed by atoms with E-state index in [1.54, 1.807) is 0 Å². The van der Waals surface area contributed by atoms with Gasteiger partial charge in [-0.05, 0) is 144 Å². The highest BCUT2D eigenvalue weighted by Gasteiger charge is 2.71. The molecule has 5 rings (SSSR count). The van der Waals surface area contributed by atoms with E-state index in [9.17, 15) is 20.4 Å². The Morgan fingerprint density at radius 2 is 0.645 bits per heavy atom. The first-order chi connectivity index (χ1) is 14.9. The minimum absolute atomic E-state index is 0.129. The minimum Gasteiger partial charge on any atom is -0.393 e. The van der Waals surface area contributed by atoms with Crippen molar-refractivity contribution in [1.82, 2.24) is 0 Å². The third kappa shape index (κ3) is 3.54. The molecular formula is C27H46O4. The standard InChI is InChI=1S/C27H46O4/c28-21-5-1-19(2-6-21)27(20-3-7-22(29)8-4-20)25(13-9-23(30)10-14-25)17-18-26(27)15-11-24(31)12-16-26/h19-24,28-31H,1-18H2. The minimum atomic E-state index is -0.130. The van der Waals surface area contributed by atoms with Crippen LogP contribution in [0.15, 0.2) is 0 Å². The first kappa shape index (κ1) is 22.6. The lowest BCUT2D eigenvalue weighted by molar-refractivity contribution is -0.191. The van der Waals surface area contributed by atoms with Gasteiger partial charge in [0.05, 0.1) is 24.4 Å². The van der Waals surface area contributed by atoms with Crippen molar-refractivity contribution in [3.63, 3.8) is 0 Å². The zero-order valence-electron chi connectivity index (χ0n) is 19.5. The second-order valence-electron chi connectivity index (χ2n) is 12.4. The highest BCUT2D eigenvalue weighted by molar-refractivity contribution is 5.20. The number of hydrogen-bond donors (Lipinski definition) is 4. The van der Waals surface area contributed by atoms with E-state index in [-0.39, 0.29) is 29.8 Å². The smallest absolute Gasteiger partial charge is 0.0540 e. The van der Waals surface area contributed by atoms with Crippen molar-refractivity contribution >= 4 is 0 Å². The van der Waals surface area contributed by atoms with Gasteiger partial charge < -0.3 is 20.4 Å². The van der Waals surface area contributed by atoms with Crippen LogP contribution >= 0.6 is 0 Å².